The highest BCUT2D eigenvalue weighted by Gasteiger charge is 2.32. The van der Waals surface area contributed by atoms with E-state index < -0.39 is 0 Å². The number of amides is 2. The Bertz CT molecular complexity index is 1740. The SMILES string of the molecule is CNC(=O)c1cc(Oc2ccc(Nc3ncc(SC)c(Nc4cccc(NC(=O)C=CCN5CC6CCC5CC6)c4)n3)cc2)ccn1. The third kappa shape index (κ3) is 8.46. The van der Waals surface area contributed by atoms with E-state index in [0.29, 0.717) is 35.0 Å². The number of ether oxygens (including phenoxy) is 1. The highest BCUT2D eigenvalue weighted by Crippen LogP contribution is 2.34. The number of nitrogens with zero attached hydrogens (tertiary/aromatic N) is 4. The van der Waals surface area contributed by atoms with Gasteiger partial charge in [0.2, 0.25) is 11.9 Å². The molecule has 4 heterocycles. The van der Waals surface area contributed by atoms with Crippen molar-refractivity contribution in [2.24, 2.45) is 5.92 Å². The quantitative estimate of drug-likeness (QED) is 0.0982. The van der Waals surface area contributed by atoms with E-state index in [2.05, 4.69) is 36.1 Å². The molecule has 3 aliphatic rings. The summed E-state index contributed by atoms with van der Waals surface area (Å²) in [6, 6.07) is 18.8. The number of nitrogens with one attached hydrogen (secondary N) is 4. The number of fused-ring (bicyclic) bond motifs is 3. The second kappa shape index (κ2) is 15.1. The Labute approximate surface area is 278 Å². The summed E-state index contributed by atoms with van der Waals surface area (Å²) in [5.41, 5.74) is 2.52. The first-order valence-electron chi connectivity index (χ1n) is 15.7. The largest absolute Gasteiger partial charge is 0.457 e. The zero-order chi connectivity index (χ0) is 32.6. The van der Waals surface area contributed by atoms with Crippen LogP contribution >= 0.6 is 11.8 Å². The number of aromatic nitrogens is 3. The second-order valence-electron chi connectivity index (χ2n) is 11.5. The molecule has 12 heteroatoms. The topological polar surface area (TPSA) is 133 Å². The maximum Gasteiger partial charge on any atom is 0.269 e. The van der Waals surface area contributed by atoms with Crippen LogP contribution in [-0.2, 0) is 4.79 Å². The van der Waals surface area contributed by atoms with Crippen molar-refractivity contribution in [3.63, 3.8) is 0 Å². The van der Waals surface area contributed by atoms with E-state index in [0.717, 1.165) is 35.3 Å². The highest BCUT2D eigenvalue weighted by molar-refractivity contribution is 7.98. The molecule has 2 aliphatic heterocycles. The van der Waals surface area contributed by atoms with Crippen molar-refractivity contribution in [3.05, 3.63) is 90.9 Å². The number of hydrogen-bond acceptors (Lipinski definition) is 10. The molecule has 3 fully saturated rings. The Kier molecular flexibility index (Phi) is 10.3. The monoisotopic (exact) mass is 650 g/mol. The standard InChI is InChI=1S/C35H38N8O3S/c1-36-34(45)30-20-29(16-17-37-30)46-28-14-10-24(11-15-28)41-35-38-21-31(47-2)33(42-35)40-26-6-3-5-25(19-26)39-32(44)7-4-18-43-22-23-8-12-27(43)13-9-23/h3-7,10-11,14-17,19-21,23,27H,8-9,12-13,18,22H2,1-2H3,(H,36,45)(H,39,44)(H2,38,40,41,42). The normalized spacial score (nSPS) is 17.3. The first-order valence-corrected chi connectivity index (χ1v) is 16.9. The zero-order valence-electron chi connectivity index (χ0n) is 26.4. The molecule has 2 aromatic heterocycles. The lowest BCUT2D eigenvalue weighted by molar-refractivity contribution is -0.111. The summed E-state index contributed by atoms with van der Waals surface area (Å²) in [5, 5.41) is 12.1. The maximum absolute atomic E-state index is 12.7. The number of carbonyl (C=O) groups is 2. The van der Waals surface area contributed by atoms with Crippen molar-refractivity contribution in [2.45, 2.75) is 36.6 Å². The van der Waals surface area contributed by atoms with Crippen molar-refractivity contribution in [2.75, 3.05) is 42.3 Å². The van der Waals surface area contributed by atoms with Crippen LogP contribution in [-0.4, -0.2) is 64.1 Å². The van der Waals surface area contributed by atoms with Crippen molar-refractivity contribution in [1.29, 1.82) is 0 Å². The average Bonchev–Trinajstić information content (AvgIpc) is 3.10. The molecule has 2 bridgehead atoms. The summed E-state index contributed by atoms with van der Waals surface area (Å²) < 4.78 is 5.90. The number of pyridine rings is 1. The zero-order valence-corrected chi connectivity index (χ0v) is 27.2. The van der Waals surface area contributed by atoms with Gasteiger partial charge in [-0.05, 0) is 86.4 Å². The van der Waals surface area contributed by atoms with Crippen molar-refractivity contribution in [3.8, 4) is 11.5 Å². The second-order valence-corrected chi connectivity index (χ2v) is 12.4. The van der Waals surface area contributed by atoms with Gasteiger partial charge in [0.05, 0.1) is 4.90 Å². The van der Waals surface area contributed by atoms with E-state index in [1.165, 1.54) is 43.6 Å². The number of thioether (sulfide) groups is 1. The molecule has 0 radical (unpaired) electrons. The summed E-state index contributed by atoms with van der Waals surface area (Å²) in [4.78, 5) is 41.2. The van der Waals surface area contributed by atoms with Gasteiger partial charge in [-0.25, -0.2) is 4.98 Å². The van der Waals surface area contributed by atoms with Gasteiger partial charge in [-0.15, -0.1) is 11.8 Å². The van der Waals surface area contributed by atoms with Crippen LogP contribution in [0.2, 0.25) is 0 Å². The number of carbonyl (C=O) groups excluding carboxylic acids is 2. The molecule has 0 spiro atoms. The van der Waals surface area contributed by atoms with Gasteiger partial charge < -0.3 is 26.0 Å². The molecule has 1 aliphatic carbocycles. The molecule has 11 nitrogen and oxygen atoms in total. The van der Waals surface area contributed by atoms with Crippen LogP contribution < -0.4 is 26.0 Å². The predicted molar refractivity (Wildman–Crippen MR) is 186 cm³/mol. The maximum atomic E-state index is 12.7. The van der Waals surface area contributed by atoms with Gasteiger partial charge in [0.15, 0.2) is 0 Å². The van der Waals surface area contributed by atoms with E-state index in [9.17, 15) is 9.59 Å². The number of anilines is 5. The Hall–Kier alpha value is -4.94. The lowest BCUT2D eigenvalue weighted by atomic mass is 9.80. The molecule has 0 atom stereocenters. The molecule has 2 saturated heterocycles. The first-order chi connectivity index (χ1) is 22.9. The fraction of sp³-hybridized carbons (Fsp3) is 0.286. The molecule has 1 saturated carbocycles. The lowest BCUT2D eigenvalue weighted by Crippen LogP contribution is -2.47. The lowest BCUT2D eigenvalue weighted by Gasteiger charge is -2.45. The third-order valence-corrected chi connectivity index (χ3v) is 9.08. The van der Waals surface area contributed by atoms with Crippen molar-refractivity contribution >= 4 is 52.4 Å². The molecule has 0 unspecified atom stereocenters. The van der Waals surface area contributed by atoms with Crippen LogP contribution in [0, 0.1) is 5.92 Å². The number of hydrogen-bond donors (Lipinski definition) is 4. The van der Waals surface area contributed by atoms with E-state index in [1.54, 1.807) is 31.5 Å². The molecular weight excluding hydrogens is 613 g/mol. The first kappa shape index (κ1) is 32.0. The summed E-state index contributed by atoms with van der Waals surface area (Å²) in [7, 11) is 1.55. The van der Waals surface area contributed by atoms with Crippen LogP contribution in [0.15, 0.2) is 90.1 Å². The number of rotatable bonds is 12. The van der Waals surface area contributed by atoms with Crippen LogP contribution in [0.4, 0.5) is 28.8 Å². The molecule has 2 aromatic carbocycles. The Morgan fingerprint density at radius 1 is 0.957 bits per heavy atom. The molecule has 2 amide bonds. The molecular formula is C35H38N8O3S. The van der Waals surface area contributed by atoms with Crippen molar-refractivity contribution < 1.29 is 14.3 Å². The summed E-state index contributed by atoms with van der Waals surface area (Å²) in [6.45, 7) is 1.97. The summed E-state index contributed by atoms with van der Waals surface area (Å²) in [5.74, 6) is 2.55. The Morgan fingerprint density at radius 2 is 1.77 bits per heavy atom. The summed E-state index contributed by atoms with van der Waals surface area (Å²) in [6.07, 6.45) is 14.1. The molecule has 4 N–H and O–H groups in total. The Balaban J connectivity index is 1.05. The van der Waals surface area contributed by atoms with E-state index in [1.807, 2.05) is 60.9 Å². The van der Waals surface area contributed by atoms with Gasteiger partial charge in [-0.1, -0.05) is 12.1 Å². The van der Waals surface area contributed by atoms with Crippen LogP contribution in [0.3, 0.4) is 0 Å². The number of benzene rings is 2. The minimum Gasteiger partial charge on any atom is -0.457 e. The van der Waals surface area contributed by atoms with Gasteiger partial charge in [-0.3, -0.25) is 19.5 Å². The smallest absolute Gasteiger partial charge is 0.269 e. The highest BCUT2D eigenvalue weighted by atomic mass is 32.2. The van der Waals surface area contributed by atoms with E-state index in [4.69, 9.17) is 9.72 Å². The fourth-order valence-corrected chi connectivity index (χ4v) is 6.40. The molecule has 47 heavy (non-hydrogen) atoms. The van der Waals surface area contributed by atoms with Gasteiger partial charge in [-0.2, -0.15) is 4.98 Å². The minimum atomic E-state index is -0.284. The average molecular weight is 651 g/mol. The van der Waals surface area contributed by atoms with Crippen molar-refractivity contribution in [1.82, 2.24) is 25.2 Å². The van der Waals surface area contributed by atoms with E-state index in [-0.39, 0.29) is 17.5 Å². The minimum absolute atomic E-state index is 0.145. The van der Waals surface area contributed by atoms with Gasteiger partial charge >= 0.3 is 0 Å². The van der Waals surface area contributed by atoms with Gasteiger partial charge in [0.25, 0.3) is 5.91 Å². The third-order valence-electron chi connectivity index (χ3n) is 8.34. The van der Waals surface area contributed by atoms with E-state index >= 15 is 0 Å². The van der Waals surface area contributed by atoms with Gasteiger partial charge in [0.1, 0.15) is 23.0 Å². The molecule has 242 valence electrons. The summed E-state index contributed by atoms with van der Waals surface area (Å²) >= 11 is 1.53. The Morgan fingerprint density at radius 3 is 2.51 bits per heavy atom. The van der Waals surface area contributed by atoms with Crippen LogP contribution in [0.5, 0.6) is 11.5 Å². The van der Waals surface area contributed by atoms with Crippen LogP contribution in [0.25, 0.3) is 0 Å². The number of piperidine rings is 2. The molecule has 4 aromatic rings. The fourth-order valence-electron chi connectivity index (χ4n) is 5.96. The molecule has 7 rings (SSSR count). The predicted octanol–water partition coefficient (Wildman–Crippen LogP) is 6.60. The van der Waals surface area contributed by atoms with Crippen LogP contribution in [0.1, 0.15) is 36.2 Å². The van der Waals surface area contributed by atoms with Gasteiger partial charge in [0, 0.05) is 67.8 Å².